The highest BCUT2D eigenvalue weighted by atomic mass is 32.4. The van der Waals surface area contributed by atoms with E-state index in [9.17, 15) is 0 Å². The van der Waals surface area contributed by atoms with Crippen LogP contribution in [0, 0.1) is 0 Å². The molecule has 4 heteroatoms. The Morgan fingerprint density at radius 2 is 1.16 bits per heavy atom. The van der Waals surface area contributed by atoms with Crippen LogP contribution in [0.1, 0.15) is 0 Å². The predicted molar refractivity (Wildman–Crippen MR) is 189 cm³/mol. The van der Waals surface area contributed by atoms with E-state index >= 15 is 0 Å². The van der Waals surface area contributed by atoms with Crippen LogP contribution in [0.2, 0.25) is 0 Å². The largest absolute Gasteiger partial charge is 0.292 e. The maximum atomic E-state index is 6.83. The molecule has 0 radical (unpaired) electrons. The van der Waals surface area contributed by atoms with E-state index in [4.69, 9.17) is 16.8 Å². The molecule has 0 spiro atoms. The van der Waals surface area contributed by atoms with Crippen LogP contribution >= 0.6 is 6.04 Å². The summed E-state index contributed by atoms with van der Waals surface area (Å²) in [6, 6.07) is 52.0. The second kappa shape index (κ2) is 9.34. The zero-order valence-electron chi connectivity index (χ0n) is 23.2. The highest BCUT2D eigenvalue weighted by Crippen LogP contribution is 2.46. The van der Waals surface area contributed by atoms with Gasteiger partial charge < -0.3 is 0 Å². The van der Waals surface area contributed by atoms with Crippen molar-refractivity contribution < 1.29 is 0 Å². The molecule has 9 aromatic rings. The normalized spacial score (nSPS) is 12.3. The Bertz CT molecular complexity index is 2540. The van der Waals surface area contributed by atoms with Gasteiger partial charge in [-0.3, -0.25) is 4.40 Å². The van der Waals surface area contributed by atoms with Crippen molar-refractivity contribution in [3.63, 3.8) is 0 Å². The van der Waals surface area contributed by atoms with E-state index in [1.165, 1.54) is 53.6 Å². The average molecular weight is 585 g/mol. The Kier molecular flexibility index (Phi) is 5.38. The number of benzene rings is 7. The van der Waals surface area contributed by atoms with E-state index in [0.717, 1.165) is 22.2 Å². The lowest BCUT2D eigenvalue weighted by molar-refractivity contribution is 1.32. The number of hydrogen-bond acceptors (Lipinski definition) is 2. The SMILES string of the molecule is S=P(c1ccccc1)(c1ccccc1)c1cccc2cc3c4ccc5ccccc5c4c4nc5ccccc5n4c3cc12. The first-order chi connectivity index (χ1) is 21.2. The van der Waals surface area contributed by atoms with Crippen LogP contribution in [-0.2, 0) is 11.8 Å². The van der Waals surface area contributed by atoms with Gasteiger partial charge in [0.25, 0.3) is 0 Å². The van der Waals surface area contributed by atoms with Gasteiger partial charge in [-0.05, 0) is 61.8 Å². The van der Waals surface area contributed by atoms with E-state index in [2.05, 4.69) is 156 Å². The molecule has 2 nitrogen and oxygen atoms in total. The van der Waals surface area contributed by atoms with Crippen LogP contribution in [0.25, 0.3) is 59.9 Å². The summed E-state index contributed by atoms with van der Waals surface area (Å²) in [5.41, 5.74) is 4.24. The van der Waals surface area contributed by atoms with Crippen LogP contribution in [-0.4, -0.2) is 9.38 Å². The van der Waals surface area contributed by atoms with E-state index in [1.54, 1.807) is 0 Å². The van der Waals surface area contributed by atoms with Crippen molar-refractivity contribution in [2.45, 2.75) is 0 Å². The van der Waals surface area contributed by atoms with Crippen molar-refractivity contribution >= 4 is 93.7 Å². The number of aromatic nitrogens is 2. The smallest absolute Gasteiger partial charge is 0.147 e. The van der Waals surface area contributed by atoms with Crippen LogP contribution < -0.4 is 15.9 Å². The Balaban J connectivity index is 1.49. The molecule has 0 saturated heterocycles. The van der Waals surface area contributed by atoms with E-state index < -0.39 is 6.04 Å². The average Bonchev–Trinajstić information content (AvgIpc) is 3.47. The van der Waals surface area contributed by atoms with Gasteiger partial charge in [-0.1, -0.05) is 139 Å². The minimum Gasteiger partial charge on any atom is -0.292 e. The highest BCUT2D eigenvalue weighted by Gasteiger charge is 2.27. The quantitative estimate of drug-likeness (QED) is 0.117. The van der Waals surface area contributed by atoms with E-state index in [-0.39, 0.29) is 0 Å². The van der Waals surface area contributed by atoms with Crippen molar-refractivity contribution in [1.82, 2.24) is 9.38 Å². The fraction of sp³-hybridized carbons (Fsp3) is 0. The maximum absolute atomic E-state index is 6.83. The summed E-state index contributed by atoms with van der Waals surface area (Å²) >= 11 is 6.83. The second-order valence-corrected chi connectivity index (χ2v) is 15.5. The molecule has 0 saturated carbocycles. The molecule has 2 aromatic heterocycles. The van der Waals surface area contributed by atoms with Gasteiger partial charge in [0.1, 0.15) is 5.65 Å². The predicted octanol–water partition coefficient (Wildman–Crippen LogP) is 8.86. The van der Waals surface area contributed by atoms with Crippen molar-refractivity contribution in [1.29, 1.82) is 0 Å². The summed E-state index contributed by atoms with van der Waals surface area (Å²) in [7, 11) is 0. The van der Waals surface area contributed by atoms with Crippen molar-refractivity contribution in [2.75, 3.05) is 0 Å². The Hall–Kier alpha value is -4.82. The van der Waals surface area contributed by atoms with Gasteiger partial charge in [-0.2, -0.15) is 0 Å². The van der Waals surface area contributed by atoms with Crippen molar-refractivity contribution in [3.8, 4) is 0 Å². The summed E-state index contributed by atoms with van der Waals surface area (Å²) in [6.45, 7) is 0. The highest BCUT2D eigenvalue weighted by molar-refractivity contribution is 8.25. The van der Waals surface area contributed by atoms with Crippen molar-refractivity contribution in [2.24, 2.45) is 0 Å². The summed E-state index contributed by atoms with van der Waals surface area (Å²) < 4.78 is 2.37. The van der Waals surface area contributed by atoms with E-state index in [1.807, 2.05) is 0 Å². The van der Waals surface area contributed by atoms with Gasteiger partial charge >= 0.3 is 0 Å². The molecule has 9 rings (SSSR count). The number of nitrogens with zero attached hydrogens (tertiary/aromatic N) is 2. The molecule has 7 aromatic carbocycles. The minimum absolute atomic E-state index is 0.989. The molecule has 0 fully saturated rings. The number of imidazole rings is 1. The second-order valence-electron chi connectivity index (χ2n) is 11.1. The molecule has 0 bridgehead atoms. The third kappa shape index (κ3) is 3.53. The topological polar surface area (TPSA) is 17.3 Å². The third-order valence-electron chi connectivity index (χ3n) is 8.80. The van der Waals surface area contributed by atoms with Gasteiger partial charge in [-0.15, -0.1) is 0 Å². The first-order valence-corrected chi connectivity index (χ1v) is 17.3. The molecular weight excluding hydrogens is 559 g/mol. The molecule has 0 aliphatic carbocycles. The zero-order valence-corrected chi connectivity index (χ0v) is 24.9. The zero-order chi connectivity index (χ0) is 28.5. The first kappa shape index (κ1) is 24.7. The Morgan fingerprint density at radius 3 is 1.95 bits per heavy atom. The van der Waals surface area contributed by atoms with Gasteiger partial charge in [-0.25, -0.2) is 4.98 Å². The summed E-state index contributed by atoms with van der Waals surface area (Å²) in [6.07, 6.45) is 0. The molecule has 0 unspecified atom stereocenters. The first-order valence-electron chi connectivity index (χ1n) is 14.5. The van der Waals surface area contributed by atoms with Gasteiger partial charge in [0.15, 0.2) is 0 Å². The molecule has 43 heavy (non-hydrogen) atoms. The summed E-state index contributed by atoms with van der Waals surface area (Å²) in [4.78, 5) is 5.24. The molecular formula is C39H25N2PS. The summed E-state index contributed by atoms with van der Waals surface area (Å²) in [5, 5.41) is 12.1. The number of pyridine rings is 1. The van der Waals surface area contributed by atoms with Gasteiger partial charge in [0, 0.05) is 22.1 Å². The number of hydrogen-bond donors (Lipinski definition) is 0. The Labute approximate surface area is 253 Å². The number of para-hydroxylation sites is 2. The lowest BCUT2D eigenvalue weighted by Crippen LogP contribution is -2.25. The lowest BCUT2D eigenvalue weighted by Gasteiger charge is -2.26. The molecule has 0 aliphatic rings. The lowest BCUT2D eigenvalue weighted by atomic mass is 9.97. The molecule has 0 N–H and O–H groups in total. The Morgan fingerprint density at radius 1 is 0.488 bits per heavy atom. The molecule has 0 aliphatic heterocycles. The monoisotopic (exact) mass is 584 g/mol. The molecule has 202 valence electrons. The maximum Gasteiger partial charge on any atom is 0.147 e. The summed E-state index contributed by atoms with van der Waals surface area (Å²) in [5.74, 6) is 0. The van der Waals surface area contributed by atoms with Crippen LogP contribution in [0.4, 0.5) is 0 Å². The minimum atomic E-state index is -2.37. The van der Waals surface area contributed by atoms with Crippen LogP contribution in [0.5, 0.6) is 0 Å². The molecule has 0 atom stereocenters. The number of rotatable bonds is 3. The van der Waals surface area contributed by atoms with E-state index in [0.29, 0.717) is 0 Å². The van der Waals surface area contributed by atoms with Gasteiger partial charge in [0.05, 0.1) is 16.6 Å². The molecule has 2 heterocycles. The third-order valence-corrected chi connectivity index (χ3v) is 13.8. The molecule has 0 amide bonds. The number of fused-ring (bicyclic) bond motifs is 11. The fourth-order valence-corrected chi connectivity index (χ4v) is 10.9. The standard InChI is InChI=1S/C39H25N2PS/c43-42(28-14-3-1-4-15-28,29-16-5-2-6-17-29)37-21-11-13-27-24-33-31-23-22-26-12-7-8-18-30(26)38(31)39-40-34-19-9-10-20-35(34)41(39)36(33)25-32(27)37/h1-25H. The van der Waals surface area contributed by atoms with Gasteiger partial charge in [0.2, 0.25) is 0 Å². The van der Waals surface area contributed by atoms with Crippen LogP contribution in [0.3, 0.4) is 0 Å². The van der Waals surface area contributed by atoms with Crippen LogP contribution in [0.15, 0.2) is 152 Å². The van der Waals surface area contributed by atoms with Crippen molar-refractivity contribution in [3.05, 3.63) is 152 Å². The fourth-order valence-electron chi connectivity index (χ4n) is 6.85.